The van der Waals surface area contributed by atoms with Gasteiger partial charge in [0.25, 0.3) is 0 Å². The minimum absolute atomic E-state index is 0.0626. The number of benzene rings is 1. The number of ether oxygens (including phenoxy) is 2. The molecule has 17 heavy (non-hydrogen) atoms. The molecule has 1 fully saturated rings. The van der Waals surface area contributed by atoms with Crippen LogP contribution in [-0.4, -0.2) is 19.8 Å². The van der Waals surface area contributed by atoms with Crippen LogP contribution in [0.5, 0.6) is 5.75 Å². The molecule has 0 amide bonds. The molecule has 0 saturated carbocycles. The quantitative estimate of drug-likeness (QED) is 0.779. The predicted octanol–water partition coefficient (Wildman–Crippen LogP) is 4.16. The molecule has 1 saturated heterocycles. The normalized spacial score (nSPS) is 25.9. The first-order valence-electron chi connectivity index (χ1n) is 5.71. The third-order valence-corrected chi connectivity index (χ3v) is 4.22. The van der Waals surface area contributed by atoms with Crippen LogP contribution in [0.25, 0.3) is 0 Å². The molecule has 1 aliphatic heterocycles. The Kier molecular flexibility index (Phi) is 4.34. The highest BCUT2D eigenvalue weighted by Gasteiger charge is 2.30. The molecular weight excluding hydrogens is 303 g/mol. The minimum Gasteiger partial charge on any atom is -0.496 e. The Hall–Kier alpha value is -0.250. The van der Waals surface area contributed by atoms with Gasteiger partial charge < -0.3 is 9.47 Å². The number of rotatable bonds is 3. The molecule has 3 unspecified atom stereocenters. The molecule has 3 atom stereocenters. The molecule has 0 radical (unpaired) electrons. The second-order valence-electron chi connectivity index (χ2n) is 4.43. The van der Waals surface area contributed by atoms with E-state index in [0.717, 1.165) is 28.8 Å². The van der Waals surface area contributed by atoms with Crippen LogP contribution >= 0.6 is 27.5 Å². The topological polar surface area (TPSA) is 18.5 Å². The first-order chi connectivity index (χ1) is 8.11. The van der Waals surface area contributed by atoms with Gasteiger partial charge in [-0.3, -0.25) is 0 Å². The van der Waals surface area contributed by atoms with Gasteiger partial charge in [0.05, 0.1) is 25.2 Å². The van der Waals surface area contributed by atoms with E-state index in [2.05, 4.69) is 22.9 Å². The second kappa shape index (κ2) is 5.59. The molecule has 0 bridgehead atoms. The van der Waals surface area contributed by atoms with E-state index in [1.807, 2.05) is 18.2 Å². The lowest BCUT2D eigenvalue weighted by Gasteiger charge is -2.19. The molecule has 2 nitrogen and oxygen atoms in total. The zero-order chi connectivity index (χ0) is 12.4. The first kappa shape index (κ1) is 13.2. The number of alkyl halides is 1. The van der Waals surface area contributed by atoms with Crippen molar-refractivity contribution >= 4 is 27.5 Å². The van der Waals surface area contributed by atoms with Crippen LogP contribution in [0.1, 0.15) is 24.3 Å². The summed E-state index contributed by atoms with van der Waals surface area (Å²) in [6.45, 7) is 2.81. The van der Waals surface area contributed by atoms with Gasteiger partial charge in [0.15, 0.2) is 0 Å². The molecule has 1 aromatic carbocycles. The van der Waals surface area contributed by atoms with Crippen molar-refractivity contribution in [2.45, 2.75) is 24.8 Å². The van der Waals surface area contributed by atoms with Crippen LogP contribution in [0, 0.1) is 5.92 Å². The second-order valence-corrected chi connectivity index (χ2v) is 5.81. The van der Waals surface area contributed by atoms with Crippen molar-refractivity contribution in [3.8, 4) is 5.75 Å². The zero-order valence-corrected chi connectivity index (χ0v) is 12.3. The Morgan fingerprint density at radius 3 is 2.88 bits per heavy atom. The maximum absolute atomic E-state index is 6.55. The highest BCUT2D eigenvalue weighted by atomic mass is 79.9. The van der Waals surface area contributed by atoms with E-state index in [4.69, 9.17) is 21.1 Å². The SMILES string of the molecule is COc1ccc(Br)cc1C(Cl)C1COC(C)C1. The molecule has 94 valence electrons. The van der Waals surface area contributed by atoms with E-state index in [0.29, 0.717) is 12.0 Å². The third-order valence-electron chi connectivity index (χ3n) is 3.13. The zero-order valence-electron chi connectivity index (χ0n) is 9.95. The molecule has 2 rings (SSSR count). The lowest BCUT2D eigenvalue weighted by molar-refractivity contribution is 0.119. The van der Waals surface area contributed by atoms with Crippen LogP contribution in [0.15, 0.2) is 22.7 Å². The van der Waals surface area contributed by atoms with Gasteiger partial charge >= 0.3 is 0 Å². The van der Waals surface area contributed by atoms with Crippen molar-refractivity contribution < 1.29 is 9.47 Å². The van der Waals surface area contributed by atoms with Gasteiger partial charge in [0.1, 0.15) is 5.75 Å². The van der Waals surface area contributed by atoms with Crippen molar-refractivity contribution in [1.29, 1.82) is 0 Å². The number of halogens is 2. The van der Waals surface area contributed by atoms with Crippen molar-refractivity contribution in [2.24, 2.45) is 5.92 Å². The summed E-state index contributed by atoms with van der Waals surface area (Å²) in [5.41, 5.74) is 1.03. The van der Waals surface area contributed by atoms with Crippen molar-refractivity contribution in [3.63, 3.8) is 0 Å². The molecule has 4 heteroatoms. The summed E-state index contributed by atoms with van der Waals surface area (Å²) in [5, 5.41) is -0.0626. The van der Waals surface area contributed by atoms with Crippen LogP contribution in [0.4, 0.5) is 0 Å². The Balaban J connectivity index is 2.23. The molecule has 0 aromatic heterocycles. The van der Waals surface area contributed by atoms with E-state index in [1.54, 1.807) is 7.11 Å². The van der Waals surface area contributed by atoms with Gasteiger partial charge in [0, 0.05) is 16.0 Å². The fraction of sp³-hybridized carbons (Fsp3) is 0.538. The van der Waals surface area contributed by atoms with Crippen LogP contribution in [-0.2, 0) is 4.74 Å². The number of hydrogen-bond donors (Lipinski definition) is 0. The smallest absolute Gasteiger partial charge is 0.123 e. The van der Waals surface area contributed by atoms with Crippen LogP contribution in [0.3, 0.4) is 0 Å². The van der Waals surface area contributed by atoms with E-state index in [9.17, 15) is 0 Å². The molecular formula is C13H16BrClO2. The highest BCUT2D eigenvalue weighted by Crippen LogP contribution is 2.41. The Bertz CT molecular complexity index is 397. The van der Waals surface area contributed by atoms with E-state index < -0.39 is 0 Å². The lowest BCUT2D eigenvalue weighted by Crippen LogP contribution is -2.09. The van der Waals surface area contributed by atoms with Gasteiger partial charge in [0.2, 0.25) is 0 Å². The Labute approximate surface area is 115 Å². The summed E-state index contributed by atoms with van der Waals surface area (Å²) in [7, 11) is 1.67. The van der Waals surface area contributed by atoms with Crippen molar-refractivity contribution in [1.82, 2.24) is 0 Å². The van der Waals surface area contributed by atoms with Crippen molar-refractivity contribution in [2.75, 3.05) is 13.7 Å². The maximum atomic E-state index is 6.55. The maximum Gasteiger partial charge on any atom is 0.123 e. The summed E-state index contributed by atoms with van der Waals surface area (Å²) < 4.78 is 12.0. The molecule has 0 aliphatic carbocycles. The fourth-order valence-corrected chi connectivity index (χ4v) is 2.95. The monoisotopic (exact) mass is 318 g/mol. The average Bonchev–Trinajstić information content (AvgIpc) is 2.75. The van der Waals surface area contributed by atoms with Gasteiger partial charge in [-0.15, -0.1) is 11.6 Å². The summed E-state index contributed by atoms with van der Waals surface area (Å²) in [6, 6.07) is 5.92. The van der Waals surface area contributed by atoms with Gasteiger partial charge in [-0.25, -0.2) is 0 Å². The Morgan fingerprint density at radius 2 is 2.29 bits per heavy atom. The molecule has 0 N–H and O–H groups in total. The average molecular weight is 320 g/mol. The van der Waals surface area contributed by atoms with Gasteiger partial charge in [-0.2, -0.15) is 0 Å². The molecule has 0 spiro atoms. The molecule has 1 aliphatic rings. The van der Waals surface area contributed by atoms with Crippen LogP contribution in [0.2, 0.25) is 0 Å². The largest absolute Gasteiger partial charge is 0.496 e. The summed E-state index contributed by atoms with van der Waals surface area (Å²) in [6.07, 6.45) is 1.31. The highest BCUT2D eigenvalue weighted by molar-refractivity contribution is 9.10. The number of hydrogen-bond acceptors (Lipinski definition) is 2. The standard InChI is InChI=1S/C13H16BrClO2/c1-8-5-9(7-17-8)13(15)11-6-10(14)3-4-12(11)16-2/h3-4,6,8-9,13H,5,7H2,1-2H3. The van der Waals surface area contributed by atoms with E-state index in [-0.39, 0.29) is 5.38 Å². The van der Waals surface area contributed by atoms with E-state index in [1.165, 1.54) is 0 Å². The van der Waals surface area contributed by atoms with Crippen LogP contribution < -0.4 is 4.74 Å². The number of methoxy groups -OCH3 is 1. The Morgan fingerprint density at radius 1 is 1.53 bits per heavy atom. The third kappa shape index (κ3) is 2.95. The molecule has 1 heterocycles. The summed E-state index contributed by atoms with van der Waals surface area (Å²) in [4.78, 5) is 0. The van der Waals surface area contributed by atoms with Gasteiger partial charge in [-0.1, -0.05) is 15.9 Å². The lowest BCUT2D eigenvalue weighted by atomic mass is 9.96. The van der Waals surface area contributed by atoms with Crippen molar-refractivity contribution in [3.05, 3.63) is 28.2 Å². The summed E-state index contributed by atoms with van der Waals surface area (Å²) in [5.74, 6) is 1.20. The predicted molar refractivity (Wildman–Crippen MR) is 72.8 cm³/mol. The molecule has 1 aromatic rings. The fourth-order valence-electron chi connectivity index (χ4n) is 2.23. The first-order valence-corrected chi connectivity index (χ1v) is 6.94. The van der Waals surface area contributed by atoms with E-state index >= 15 is 0 Å². The van der Waals surface area contributed by atoms with Gasteiger partial charge in [-0.05, 0) is 31.5 Å². The minimum atomic E-state index is -0.0626. The summed E-state index contributed by atoms with van der Waals surface area (Å²) >= 11 is 10.0.